The van der Waals surface area contributed by atoms with Crippen molar-refractivity contribution in [2.45, 2.75) is 83.7 Å². The number of ketones is 1. The van der Waals surface area contributed by atoms with Crippen molar-refractivity contribution in [3.63, 3.8) is 0 Å². The topological polar surface area (TPSA) is 37.3 Å². The second-order valence-corrected chi connectivity index (χ2v) is 8.99. The molecule has 0 aromatic heterocycles. The Labute approximate surface area is 128 Å². The van der Waals surface area contributed by atoms with Crippen molar-refractivity contribution in [1.82, 2.24) is 0 Å². The molecule has 0 bridgehead atoms. The summed E-state index contributed by atoms with van der Waals surface area (Å²) < 4.78 is 0. The van der Waals surface area contributed by atoms with Crippen LogP contribution in [0.3, 0.4) is 0 Å². The van der Waals surface area contributed by atoms with E-state index in [1.54, 1.807) is 0 Å². The van der Waals surface area contributed by atoms with Crippen LogP contribution in [0.15, 0.2) is 0 Å². The summed E-state index contributed by atoms with van der Waals surface area (Å²) in [6, 6.07) is 0. The molecule has 0 aliphatic heterocycles. The zero-order valence-electron chi connectivity index (χ0n) is 13.7. The van der Waals surface area contributed by atoms with Crippen LogP contribution >= 0.6 is 0 Å². The lowest BCUT2D eigenvalue weighted by molar-refractivity contribution is -0.202. The fraction of sp³-hybridized carbons (Fsp3) is 0.947. The average Bonchev–Trinajstić information content (AvgIpc) is 2.76. The molecule has 2 heteroatoms. The van der Waals surface area contributed by atoms with Crippen LogP contribution in [0.25, 0.3) is 0 Å². The molecule has 0 aromatic rings. The Morgan fingerprint density at radius 1 is 0.952 bits per heavy atom. The molecule has 4 rings (SSSR count). The molecule has 0 aromatic carbocycles. The van der Waals surface area contributed by atoms with Crippen LogP contribution in [-0.2, 0) is 4.79 Å². The van der Waals surface area contributed by atoms with E-state index in [4.69, 9.17) is 0 Å². The molecular formula is C19H30O2. The van der Waals surface area contributed by atoms with E-state index in [0.717, 1.165) is 38.5 Å². The highest BCUT2D eigenvalue weighted by Gasteiger charge is 2.63. The third-order valence-electron chi connectivity index (χ3n) is 8.46. The van der Waals surface area contributed by atoms with E-state index < -0.39 is 5.60 Å². The van der Waals surface area contributed by atoms with Gasteiger partial charge in [0, 0.05) is 11.8 Å². The average molecular weight is 290 g/mol. The number of fused-ring (bicyclic) bond motifs is 5. The van der Waals surface area contributed by atoms with Crippen molar-refractivity contribution < 1.29 is 9.90 Å². The molecule has 0 unspecified atom stereocenters. The molecule has 4 aliphatic carbocycles. The number of carbonyl (C=O) groups is 1. The summed E-state index contributed by atoms with van der Waals surface area (Å²) in [5.41, 5.74) is -0.328. The van der Waals surface area contributed by atoms with Gasteiger partial charge >= 0.3 is 0 Å². The Bertz CT molecular complexity index is 472. The molecule has 4 fully saturated rings. The largest absolute Gasteiger partial charge is 0.389 e. The van der Waals surface area contributed by atoms with E-state index in [1.165, 1.54) is 25.7 Å². The zero-order valence-corrected chi connectivity index (χ0v) is 13.7. The standard InChI is InChI=1S/C19H30O2/c1-17-11-8-15-13(14(17)5-6-16(17)20)7-12-19(21)10-4-3-9-18(15,19)2/h13-15,21H,3-12H2,1-2H3/t13-,14-,15-,17-,18+,19+/m0/s1. The highest BCUT2D eigenvalue weighted by atomic mass is 16.3. The summed E-state index contributed by atoms with van der Waals surface area (Å²) in [6.45, 7) is 4.62. The third kappa shape index (κ3) is 1.66. The van der Waals surface area contributed by atoms with Gasteiger partial charge in [0.25, 0.3) is 0 Å². The fourth-order valence-electron chi connectivity index (χ4n) is 7.03. The van der Waals surface area contributed by atoms with Gasteiger partial charge in [-0.25, -0.2) is 0 Å². The van der Waals surface area contributed by atoms with Gasteiger partial charge in [0.2, 0.25) is 0 Å². The molecule has 0 amide bonds. The molecule has 0 radical (unpaired) electrons. The van der Waals surface area contributed by atoms with Crippen molar-refractivity contribution in [2.75, 3.05) is 0 Å². The maximum Gasteiger partial charge on any atom is 0.139 e. The van der Waals surface area contributed by atoms with E-state index in [0.29, 0.717) is 23.5 Å². The van der Waals surface area contributed by atoms with Gasteiger partial charge in [-0.1, -0.05) is 26.7 Å². The van der Waals surface area contributed by atoms with Crippen molar-refractivity contribution in [2.24, 2.45) is 28.6 Å². The first-order chi connectivity index (χ1) is 9.91. The maximum atomic E-state index is 12.4. The molecule has 4 saturated carbocycles. The van der Waals surface area contributed by atoms with Crippen LogP contribution in [0, 0.1) is 28.6 Å². The summed E-state index contributed by atoms with van der Waals surface area (Å²) in [5.74, 6) is 2.48. The monoisotopic (exact) mass is 290 g/mol. The molecule has 4 aliphatic rings. The molecular weight excluding hydrogens is 260 g/mol. The highest BCUT2D eigenvalue weighted by molar-refractivity contribution is 5.87. The summed E-state index contributed by atoms with van der Waals surface area (Å²) in [4.78, 5) is 12.4. The first-order valence-corrected chi connectivity index (χ1v) is 9.16. The molecule has 0 heterocycles. The van der Waals surface area contributed by atoms with Crippen molar-refractivity contribution >= 4 is 5.78 Å². The highest BCUT2D eigenvalue weighted by Crippen LogP contribution is 2.66. The Balaban J connectivity index is 1.69. The Morgan fingerprint density at radius 2 is 1.71 bits per heavy atom. The van der Waals surface area contributed by atoms with E-state index in [2.05, 4.69) is 13.8 Å². The Morgan fingerprint density at radius 3 is 2.52 bits per heavy atom. The van der Waals surface area contributed by atoms with E-state index >= 15 is 0 Å². The van der Waals surface area contributed by atoms with Gasteiger partial charge in [-0.05, 0) is 68.1 Å². The minimum atomic E-state index is -0.414. The lowest BCUT2D eigenvalue weighted by Gasteiger charge is -2.62. The number of aliphatic hydroxyl groups is 1. The Kier molecular flexibility index (Phi) is 2.94. The first-order valence-electron chi connectivity index (χ1n) is 9.16. The molecule has 2 nitrogen and oxygen atoms in total. The van der Waals surface area contributed by atoms with Gasteiger partial charge in [0.05, 0.1) is 5.60 Å². The summed E-state index contributed by atoms with van der Waals surface area (Å²) in [5, 5.41) is 11.3. The van der Waals surface area contributed by atoms with Gasteiger partial charge in [-0.2, -0.15) is 0 Å². The first kappa shape index (κ1) is 14.2. The van der Waals surface area contributed by atoms with E-state index in [9.17, 15) is 9.90 Å². The maximum absolute atomic E-state index is 12.4. The predicted molar refractivity (Wildman–Crippen MR) is 82.8 cm³/mol. The summed E-state index contributed by atoms with van der Waals surface area (Å²) in [6.07, 6.45) is 11.0. The molecule has 0 saturated heterocycles. The SMILES string of the molecule is C[C@]12CC[C@H]3[C@@H](CC[C@]4(O)CCCC[C@]34C)[C@@H]1CCC2=O. The number of Topliss-reactive ketones (excluding diaryl/α,β-unsaturated/α-hetero) is 1. The van der Waals surface area contributed by atoms with Crippen LogP contribution in [0.5, 0.6) is 0 Å². The van der Waals surface area contributed by atoms with Gasteiger partial charge < -0.3 is 5.11 Å². The molecule has 0 spiro atoms. The lowest BCUT2D eigenvalue weighted by atomic mass is 9.44. The number of rotatable bonds is 0. The molecule has 118 valence electrons. The molecule has 21 heavy (non-hydrogen) atoms. The van der Waals surface area contributed by atoms with Crippen LogP contribution in [0.1, 0.15) is 78.1 Å². The summed E-state index contributed by atoms with van der Waals surface area (Å²) >= 11 is 0. The smallest absolute Gasteiger partial charge is 0.139 e. The van der Waals surface area contributed by atoms with Crippen molar-refractivity contribution in [3.05, 3.63) is 0 Å². The number of hydrogen-bond donors (Lipinski definition) is 1. The van der Waals surface area contributed by atoms with Crippen LogP contribution in [-0.4, -0.2) is 16.5 Å². The van der Waals surface area contributed by atoms with Crippen LogP contribution in [0.2, 0.25) is 0 Å². The predicted octanol–water partition coefficient (Wildman–Crippen LogP) is 4.10. The lowest BCUT2D eigenvalue weighted by Crippen LogP contribution is -2.61. The van der Waals surface area contributed by atoms with E-state index in [-0.39, 0.29) is 10.8 Å². The van der Waals surface area contributed by atoms with Crippen LogP contribution < -0.4 is 0 Å². The van der Waals surface area contributed by atoms with E-state index in [1.807, 2.05) is 0 Å². The summed E-state index contributed by atoms with van der Waals surface area (Å²) in [7, 11) is 0. The molecule has 6 atom stereocenters. The van der Waals surface area contributed by atoms with Crippen LogP contribution in [0.4, 0.5) is 0 Å². The van der Waals surface area contributed by atoms with Gasteiger partial charge in [0.1, 0.15) is 5.78 Å². The van der Waals surface area contributed by atoms with Crippen molar-refractivity contribution in [1.29, 1.82) is 0 Å². The second kappa shape index (κ2) is 4.34. The Hall–Kier alpha value is -0.370. The third-order valence-corrected chi connectivity index (χ3v) is 8.46. The second-order valence-electron chi connectivity index (χ2n) is 8.99. The quantitative estimate of drug-likeness (QED) is 0.729. The fourth-order valence-corrected chi connectivity index (χ4v) is 7.03. The van der Waals surface area contributed by atoms with Gasteiger partial charge in [-0.3, -0.25) is 4.79 Å². The normalized spacial score (nSPS) is 56.5. The van der Waals surface area contributed by atoms with Crippen molar-refractivity contribution in [3.8, 4) is 0 Å². The van der Waals surface area contributed by atoms with Gasteiger partial charge in [-0.15, -0.1) is 0 Å². The minimum absolute atomic E-state index is 0.0261. The zero-order chi connectivity index (χ0) is 14.9. The van der Waals surface area contributed by atoms with Gasteiger partial charge in [0.15, 0.2) is 0 Å². The molecule has 1 N–H and O–H groups in total. The number of carbonyl (C=O) groups excluding carboxylic acids is 1. The minimum Gasteiger partial charge on any atom is -0.389 e. The number of hydrogen-bond acceptors (Lipinski definition) is 2.